The number of benzene rings is 2. The molecule has 0 aromatic heterocycles. The second kappa shape index (κ2) is 8.38. The molecule has 174 valence electrons. The van der Waals surface area contributed by atoms with Crippen molar-refractivity contribution < 1.29 is 31.9 Å². The second-order valence-electron chi connectivity index (χ2n) is 8.54. The van der Waals surface area contributed by atoms with E-state index in [0.29, 0.717) is 22.1 Å². The zero-order chi connectivity index (χ0) is 23.3. The number of hydrogen-bond donors (Lipinski definition) is 0. The minimum atomic E-state index is -1.18. The summed E-state index contributed by atoms with van der Waals surface area (Å²) >= 11 is 5.89. The highest BCUT2D eigenvalue weighted by molar-refractivity contribution is 7.89. The SMILES string of the molecule is C[C@@H]1[C@@H](OSF)c2cc3c(cc2[C@@H](c2ccc(Cl)cc2)C1(C)C(=O)N1CCOC1=O)OCO3. The van der Waals surface area contributed by atoms with E-state index in [0.717, 1.165) is 16.0 Å². The zero-order valence-electron chi connectivity index (χ0n) is 17.9. The molecular formula is C23H21ClFNO6S. The van der Waals surface area contributed by atoms with Gasteiger partial charge >= 0.3 is 6.09 Å². The molecule has 33 heavy (non-hydrogen) atoms. The van der Waals surface area contributed by atoms with Crippen LogP contribution in [0.1, 0.15) is 42.6 Å². The molecule has 4 atom stereocenters. The summed E-state index contributed by atoms with van der Waals surface area (Å²) in [6.07, 6.45) is -1.46. The Morgan fingerprint density at radius 1 is 1.18 bits per heavy atom. The molecule has 2 aromatic rings. The van der Waals surface area contributed by atoms with Crippen molar-refractivity contribution in [3.63, 3.8) is 0 Å². The number of carbonyl (C=O) groups is 2. The van der Waals surface area contributed by atoms with Crippen molar-refractivity contribution in [2.75, 3.05) is 19.9 Å². The number of imide groups is 1. The van der Waals surface area contributed by atoms with E-state index in [1.54, 1.807) is 25.1 Å². The second-order valence-corrected chi connectivity index (χ2v) is 9.30. The predicted octanol–water partition coefficient (Wildman–Crippen LogP) is 5.43. The molecule has 2 amide bonds. The molecule has 1 fully saturated rings. The number of halogens is 2. The van der Waals surface area contributed by atoms with Gasteiger partial charge < -0.3 is 14.2 Å². The first-order valence-corrected chi connectivity index (χ1v) is 11.5. The van der Waals surface area contributed by atoms with E-state index in [1.807, 2.05) is 25.1 Å². The largest absolute Gasteiger partial charge is 0.454 e. The van der Waals surface area contributed by atoms with Gasteiger partial charge in [-0.25, -0.2) is 9.69 Å². The van der Waals surface area contributed by atoms with Gasteiger partial charge in [-0.05, 0) is 47.9 Å². The summed E-state index contributed by atoms with van der Waals surface area (Å²) in [5.41, 5.74) is 1.08. The number of fused-ring (bicyclic) bond motifs is 2. The molecule has 3 aliphatic rings. The van der Waals surface area contributed by atoms with Crippen LogP contribution in [-0.2, 0) is 13.7 Å². The number of nitrogens with zero attached hydrogens (tertiary/aromatic N) is 1. The highest BCUT2D eigenvalue weighted by atomic mass is 35.5. The van der Waals surface area contributed by atoms with Crippen molar-refractivity contribution in [2.24, 2.45) is 11.3 Å². The number of ether oxygens (including phenoxy) is 3. The Morgan fingerprint density at radius 3 is 2.45 bits per heavy atom. The molecule has 1 aliphatic carbocycles. The Hall–Kier alpha value is -2.49. The van der Waals surface area contributed by atoms with Crippen LogP contribution in [0.25, 0.3) is 0 Å². The van der Waals surface area contributed by atoms with Gasteiger partial charge in [0.25, 0.3) is 0 Å². The Morgan fingerprint density at radius 2 is 1.85 bits per heavy atom. The van der Waals surface area contributed by atoms with Gasteiger partial charge in [0.1, 0.15) is 12.7 Å². The number of hydrogen-bond acceptors (Lipinski definition) is 7. The van der Waals surface area contributed by atoms with Crippen LogP contribution >= 0.6 is 24.0 Å². The molecule has 5 rings (SSSR count). The first-order chi connectivity index (χ1) is 15.9. The van der Waals surface area contributed by atoms with E-state index < -0.39 is 35.4 Å². The zero-order valence-corrected chi connectivity index (χ0v) is 19.5. The van der Waals surface area contributed by atoms with Gasteiger partial charge in [0.2, 0.25) is 25.1 Å². The minimum Gasteiger partial charge on any atom is -0.454 e. The average molecular weight is 494 g/mol. The fourth-order valence-electron chi connectivity index (χ4n) is 5.18. The molecule has 0 radical (unpaired) electrons. The summed E-state index contributed by atoms with van der Waals surface area (Å²) in [5, 5.41) is 0.555. The number of rotatable bonds is 4. The molecule has 0 saturated carbocycles. The molecular weight excluding hydrogens is 473 g/mol. The Kier molecular flexibility index (Phi) is 5.66. The van der Waals surface area contributed by atoms with Crippen LogP contribution < -0.4 is 9.47 Å². The summed E-state index contributed by atoms with van der Waals surface area (Å²) in [7, 11) is 0. The lowest BCUT2D eigenvalue weighted by Gasteiger charge is -2.49. The molecule has 0 N–H and O–H groups in total. The van der Waals surface area contributed by atoms with Crippen LogP contribution in [-0.4, -0.2) is 36.8 Å². The summed E-state index contributed by atoms with van der Waals surface area (Å²) in [5.74, 6) is -0.358. The standard InChI is InChI=1S/C23H21ClFNO6S/c1-12-20(32-33-25)16-10-18-17(30-11-31-18)9-15(16)19(13-3-5-14(24)6-4-13)23(12,2)21(27)26-7-8-29-22(26)28/h3-6,9-10,12,19-20H,7-8,11H2,1-2H3/t12-,19-,20-,23?/m1/s1. The van der Waals surface area contributed by atoms with Crippen LogP contribution in [0, 0.1) is 11.3 Å². The molecule has 2 aromatic carbocycles. The minimum absolute atomic E-state index is 0.0680. The maximum Gasteiger partial charge on any atom is 0.416 e. The van der Waals surface area contributed by atoms with Crippen LogP contribution in [0.15, 0.2) is 36.4 Å². The van der Waals surface area contributed by atoms with E-state index in [4.69, 9.17) is 30.0 Å². The van der Waals surface area contributed by atoms with Crippen molar-refractivity contribution in [2.45, 2.75) is 25.9 Å². The van der Waals surface area contributed by atoms with Crippen molar-refractivity contribution in [3.8, 4) is 11.5 Å². The van der Waals surface area contributed by atoms with Crippen LogP contribution in [0.4, 0.5) is 8.68 Å². The van der Waals surface area contributed by atoms with Crippen LogP contribution in [0.5, 0.6) is 11.5 Å². The lowest BCUT2D eigenvalue weighted by atomic mass is 9.56. The Balaban J connectivity index is 1.75. The van der Waals surface area contributed by atoms with E-state index in [1.165, 1.54) is 0 Å². The topological polar surface area (TPSA) is 74.3 Å². The summed E-state index contributed by atoms with van der Waals surface area (Å²) < 4.78 is 35.1. The van der Waals surface area contributed by atoms with Gasteiger partial charge in [0.15, 0.2) is 11.5 Å². The van der Waals surface area contributed by atoms with E-state index in [2.05, 4.69) is 0 Å². The van der Waals surface area contributed by atoms with E-state index >= 15 is 0 Å². The summed E-state index contributed by atoms with van der Waals surface area (Å²) in [6, 6.07) is 10.8. The van der Waals surface area contributed by atoms with Gasteiger partial charge in [-0.3, -0.25) is 8.98 Å². The average Bonchev–Trinajstić information content (AvgIpc) is 3.44. The van der Waals surface area contributed by atoms with Crippen LogP contribution in [0.3, 0.4) is 0 Å². The molecule has 7 nitrogen and oxygen atoms in total. The third-order valence-corrected chi connectivity index (χ3v) is 7.54. The van der Waals surface area contributed by atoms with Crippen molar-refractivity contribution in [1.29, 1.82) is 0 Å². The van der Waals surface area contributed by atoms with Gasteiger partial charge in [-0.2, -0.15) is 0 Å². The maximum absolute atomic E-state index is 14.0. The Labute approximate surface area is 199 Å². The monoisotopic (exact) mass is 493 g/mol. The van der Waals surface area contributed by atoms with Gasteiger partial charge in [0, 0.05) is 16.9 Å². The molecule has 10 heteroatoms. The fraction of sp³-hybridized carbons (Fsp3) is 0.391. The fourth-order valence-corrected chi connectivity index (χ4v) is 5.66. The smallest absolute Gasteiger partial charge is 0.416 e. The third kappa shape index (κ3) is 3.45. The molecule has 1 saturated heterocycles. The highest BCUT2D eigenvalue weighted by Crippen LogP contribution is 2.60. The number of carbonyl (C=O) groups excluding carboxylic acids is 2. The van der Waals surface area contributed by atoms with E-state index in [9.17, 15) is 13.5 Å². The summed E-state index contributed by atoms with van der Waals surface area (Å²) in [4.78, 5) is 27.4. The van der Waals surface area contributed by atoms with Crippen LogP contribution in [0.2, 0.25) is 5.02 Å². The first-order valence-electron chi connectivity index (χ1n) is 10.5. The lowest BCUT2D eigenvalue weighted by molar-refractivity contribution is -0.145. The quantitative estimate of drug-likeness (QED) is 0.526. The van der Waals surface area contributed by atoms with Crippen molar-refractivity contribution in [3.05, 3.63) is 58.1 Å². The molecule has 1 unspecified atom stereocenters. The molecule has 0 spiro atoms. The highest BCUT2D eigenvalue weighted by Gasteiger charge is 2.57. The van der Waals surface area contributed by atoms with Gasteiger partial charge in [-0.1, -0.05) is 30.7 Å². The predicted molar refractivity (Wildman–Crippen MR) is 119 cm³/mol. The van der Waals surface area contributed by atoms with Gasteiger partial charge in [0.05, 0.1) is 12.0 Å². The third-order valence-electron chi connectivity index (χ3n) is 7.01. The van der Waals surface area contributed by atoms with Crippen molar-refractivity contribution in [1.82, 2.24) is 4.90 Å². The number of amides is 2. The van der Waals surface area contributed by atoms with Crippen molar-refractivity contribution >= 4 is 36.0 Å². The number of cyclic esters (lactones) is 1. The molecule has 2 aliphatic heterocycles. The molecule has 0 bridgehead atoms. The maximum atomic E-state index is 14.0. The van der Waals surface area contributed by atoms with E-state index in [-0.39, 0.29) is 32.4 Å². The molecule has 2 heterocycles. The summed E-state index contributed by atoms with van der Waals surface area (Å²) in [6.45, 7) is 3.98. The first kappa shape index (κ1) is 22.3. The normalized spacial score (nSPS) is 27.9. The van der Waals surface area contributed by atoms with Gasteiger partial charge in [-0.15, -0.1) is 3.89 Å². The lowest BCUT2D eigenvalue weighted by Crippen LogP contribution is -2.53. The Bertz CT molecular complexity index is 1110.